The van der Waals surface area contributed by atoms with Crippen LogP contribution in [0.3, 0.4) is 0 Å². The van der Waals surface area contributed by atoms with E-state index in [-0.39, 0.29) is 11.7 Å². The molecule has 1 aromatic carbocycles. The zero-order valence-electron chi connectivity index (χ0n) is 12.3. The van der Waals surface area contributed by atoms with Crippen LogP contribution in [-0.4, -0.2) is 5.78 Å². The first-order valence-electron chi connectivity index (χ1n) is 7.71. The molecule has 1 aliphatic rings. The van der Waals surface area contributed by atoms with E-state index in [9.17, 15) is 4.79 Å². The van der Waals surface area contributed by atoms with Gasteiger partial charge in [-0.2, -0.15) is 0 Å². The molecule has 0 atom stereocenters. The molecule has 0 amide bonds. The van der Waals surface area contributed by atoms with E-state index in [0.717, 1.165) is 29.7 Å². The molecule has 1 heterocycles. The molecule has 0 radical (unpaired) electrons. The molecule has 2 heteroatoms. The van der Waals surface area contributed by atoms with Gasteiger partial charge in [0.15, 0.2) is 5.76 Å². The van der Waals surface area contributed by atoms with Gasteiger partial charge in [0.25, 0.3) is 0 Å². The van der Waals surface area contributed by atoms with E-state index in [2.05, 4.69) is 19.9 Å². The van der Waals surface area contributed by atoms with Crippen molar-refractivity contribution in [3.05, 3.63) is 35.6 Å². The van der Waals surface area contributed by atoms with E-state index in [1.165, 1.54) is 24.8 Å². The van der Waals surface area contributed by atoms with Crippen LogP contribution in [0.25, 0.3) is 11.0 Å². The quantitative estimate of drug-likeness (QED) is 0.723. The molecule has 3 rings (SSSR count). The van der Waals surface area contributed by atoms with Crippen molar-refractivity contribution >= 4 is 16.8 Å². The number of Topliss-reactive ketones (excluding diaryl/α,β-unsaturated/α-hetero) is 1. The maximum absolute atomic E-state index is 12.6. The molecule has 0 N–H and O–H groups in total. The third-order valence-corrected chi connectivity index (χ3v) is 4.71. The van der Waals surface area contributed by atoms with Crippen LogP contribution < -0.4 is 0 Å². The second kappa shape index (κ2) is 5.43. The topological polar surface area (TPSA) is 30.2 Å². The van der Waals surface area contributed by atoms with Crippen molar-refractivity contribution in [1.82, 2.24) is 0 Å². The van der Waals surface area contributed by atoms with Gasteiger partial charge in [0.2, 0.25) is 5.78 Å². The Morgan fingerprint density at radius 1 is 1.20 bits per heavy atom. The molecule has 106 valence electrons. The van der Waals surface area contributed by atoms with Crippen LogP contribution in [-0.2, 0) is 0 Å². The summed E-state index contributed by atoms with van der Waals surface area (Å²) in [7, 11) is 0. The normalized spacial score (nSPS) is 23.1. The highest BCUT2D eigenvalue weighted by Crippen LogP contribution is 2.33. The Morgan fingerprint density at radius 3 is 2.65 bits per heavy atom. The molecule has 1 aliphatic carbocycles. The predicted octanol–water partition coefficient (Wildman–Crippen LogP) is 5.14. The SMILES string of the molecule is CCC1CCC(C(=O)c2cc3cc(C)ccc3o2)CC1. The van der Waals surface area contributed by atoms with E-state index in [0.29, 0.717) is 5.76 Å². The lowest BCUT2D eigenvalue weighted by Crippen LogP contribution is -2.21. The number of carbonyl (C=O) groups excluding carboxylic acids is 1. The minimum absolute atomic E-state index is 0.166. The van der Waals surface area contributed by atoms with Gasteiger partial charge in [0.05, 0.1) is 0 Å². The summed E-state index contributed by atoms with van der Waals surface area (Å²) in [6.07, 6.45) is 5.66. The van der Waals surface area contributed by atoms with E-state index in [1.54, 1.807) is 0 Å². The summed E-state index contributed by atoms with van der Waals surface area (Å²) in [5.74, 6) is 1.73. The maximum Gasteiger partial charge on any atom is 0.201 e. The first-order chi connectivity index (χ1) is 9.67. The summed E-state index contributed by atoms with van der Waals surface area (Å²) in [6.45, 7) is 4.30. The lowest BCUT2D eigenvalue weighted by atomic mass is 9.78. The molecular formula is C18H22O2. The Kier molecular flexibility index (Phi) is 3.64. The Labute approximate surface area is 120 Å². The molecule has 1 fully saturated rings. The molecule has 0 saturated heterocycles. The second-order valence-electron chi connectivity index (χ2n) is 6.14. The fourth-order valence-corrected chi connectivity index (χ4v) is 3.32. The van der Waals surface area contributed by atoms with Crippen LogP contribution in [0, 0.1) is 18.8 Å². The van der Waals surface area contributed by atoms with Gasteiger partial charge in [0.1, 0.15) is 5.58 Å². The van der Waals surface area contributed by atoms with Gasteiger partial charge in [-0.3, -0.25) is 4.79 Å². The molecule has 1 aromatic heterocycles. The van der Waals surface area contributed by atoms with E-state index in [4.69, 9.17) is 4.42 Å². The number of furan rings is 1. The number of benzene rings is 1. The Hall–Kier alpha value is -1.57. The predicted molar refractivity (Wildman–Crippen MR) is 81.0 cm³/mol. The summed E-state index contributed by atoms with van der Waals surface area (Å²) >= 11 is 0. The van der Waals surface area contributed by atoms with Gasteiger partial charge >= 0.3 is 0 Å². The summed E-state index contributed by atoms with van der Waals surface area (Å²) in [5, 5.41) is 1.04. The largest absolute Gasteiger partial charge is 0.453 e. The minimum Gasteiger partial charge on any atom is -0.453 e. The molecule has 0 spiro atoms. The lowest BCUT2D eigenvalue weighted by molar-refractivity contribution is 0.0844. The zero-order valence-corrected chi connectivity index (χ0v) is 12.3. The molecule has 0 unspecified atom stereocenters. The van der Waals surface area contributed by atoms with Crippen LogP contribution in [0.2, 0.25) is 0 Å². The summed E-state index contributed by atoms with van der Waals surface area (Å²) in [6, 6.07) is 7.96. The van der Waals surface area contributed by atoms with Gasteiger partial charge in [-0.1, -0.05) is 25.0 Å². The van der Waals surface area contributed by atoms with Crippen molar-refractivity contribution in [3.8, 4) is 0 Å². The fraction of sp³-hybridized carbons (Fsp3) is 0.500. The van der Waals surface area contributed by atoms with E-state index in [1.807, 2.05) is 18.2 Å². The van der Waals surface area contributed by atoms with E-state index >= 15 is 0 Å². The van der Waals surface area contributed by atoms with Crippen LogP contribution in [0.5, 0.6) is 0 Å². The number of fused-ring (bicyclic) bond motifs is 1. The smallest absolute Gasteiger partial charge is 0.201 e. The highest BCUT2D eigenvalue weighted by Gasteiger charge is 2.28. The number of ketones is 1. The molecule has 2 aromatic rings. The standard InChI is InChI=1S/C18H22O2/c1-3-13-5-7-14(8-6-13)18(19)17-11-15-10-12(2)4-9-16(15)20-17/h4,9-11,13-14H,3,5-8H2,1-2H3. The minimum atomic E-state index is 0.166. The van der Waals surface area contributed by atoms with Gasteiger partial charge in [-0.25, -0.2) is 0 Å². The average molecular weight is 270 g/mol. The molecular weight excluding hydrogens is 248 g/mol. The van der Waals surface area contributed by atoms with Crippen molar-refractivity contribution in [3.63, 3.8) is 0 Å². The average Bonchev–Trinajstić information content (AvgIpc) is 2.89. The van der Waals surface area contributed by atoms with Crippen LogP contribution in [0.1, 0.15) is 55.1 Å². The number of rotatable bonds is 3. The van der Waals surface area contributed by atoms with Crippen molar-refractivity contribution in [2.75, 3.05) is 0 Å². The van der Waals surface area contributed by atoms with E-state index < -0.39 is 0 Å². The molecule has 0 bridgehead atoms. The van der Waals surface area contributed by atoms with Crippen molar-refractivity contribution in [2.24, 2.45) is 11.8 Å². The summed E-state index contributed by atoms with van der Waals surface area (Å²) < 4.78 is 5.74. The van der Waals surface area contributed by atoms with Crippen LogP contribution in [0.4, 0.5) is 0 Å². The van der Waals surface area contributed by atoms with Crippen molar-refractivity contribution < 1.29 is 9.21 Å². The van der Waals surface area contributed by atoms with Crippen LogP contribution in [0.15, 0.2) is 28.7 Å². The van der Waals surface area contributed by atoms with Gasteiger partial charge in [-0.05, 0) is 56.7 Å². The first-order valence-corrected chi connectivity index (χ1v) is 7.71. The maximum atomic E-state index is 12.6. The highest BCUT2D eigenvalue weighted by atomic mass is 16.3. The Balaban J connectivity index is 1.79. The molecule has 2 nitrogen and oxygen atoms in total. The fourth-order valence-electron chi connectivity index (χ4n) is 3.32. The molecule has 20 heavy (non-hydrogen) atoms. The van der Waals surface area contributed by atoms with Gasteiger partial charge in [0, 0.05) is 11.3 Å². The monoisotopic (exact) mass is 270 g/mol. The Morgan fingerprint density at radius 2 is 1.95 bits per heavy atom. The van der Waals surface area contributed by atoms with Crippen LogP contribution >= 0.6 is 0 Å². The summed E-state index contributed by atoms with van der Waals surface area (Å²) in [4.78, 5) is 12.6. The third-order valence-electron chi connectivity index (χ3n) is 4.71. The number of hydrogen-bond acceptors (Lipinski definition) is 2. The van der Waals surface area contributed by atoms with Gasteiger partial charge in [-0.15, -0.1) is 0 Å². The van der Waals surface area contributed by atoms with Gasteiger partial charge < -0.3 is 4.42 Å². The third kappa shape index (κ3) is 2.52. The number of carbonyl (C=O) groups is 1. The van der Waals surface area contributed by atoms with Crippen molar-refractivity contribution in [1.29, 1.82) is 0 Å². The highest BCUT2D eigenvalue weighted by molar-refractivity contribution is 5.99. The molecule has 1 saturated carbocycles. The summed E-state index contributed by atoms with van der Waals surface area (Å²) in [5.41, 5.74) is 2.02. The second-order valence-corrected chi connectivity index (χ2v) is 6.14. The number of hydrogen-bond donors (Lipinski definition) is 0. The first kappa shape index (κ1) is 13.4. The Bertz CT molecular complexity index is 615. The molecule has 0 aliphatic heterocycles. The number of aryl methyl sites for hydroxylation is 1. The lowest BCUT2D eigenvalue weighted by Gasteiger charge is -2.26. The zero-order chi connectivity index (χ0) is 14.1. The van der Waals surface area contributed by atoms with Crippen molar-refractivity contribution in [2.45, 2.75) is 46.0 Å².